The van der Waals surface area contributed by atoms with Crippen molar-refractivity contribution in [1.82, 2.24) is 14.9 Å². The number of nitrogens with one attached hydrogen (secondary N) is 2. The average molecular weight is 416 g/mol. The van der Waals surface area contributed by atoms with Gasteiger partial charge in [0, 0.05) is 16.8 Å². The number of carbonyl (C=O) groups is 1. The summed E-state index contributed by atoms with van der Waals surface area (Å²) in [7, 11) is 0. The third kappa shape index (κ3) is 5.86. The van der Waals surface area contributed by atoms with Gasteiger partial charge in [0.05, 0.1) is 13.2 Å². The smallest absolute Gasteiger partial charge is 0.262 e. The minimum Gasteiger partial charge on any atom is -0.490 e. The Balaban J connectivity index is 1.64. The third-order valence-corrected chi connectivity index (χ3v) is 4.33. The van der Waals surface area contributed by atoms with Gasteiger partial charge in [-0.2, -0.15) is 0 Å². The lowest BCUT2D eigenvalue weighted by molar-refractivity contribution is -0.118. The van der Waals surface area contributed by atoms with Crippen LogP contribution in [0.5, 0.6) is 11.5 Å². The van der Waals surface area contributed by atoms with Gasteiger partial charge in [0.1, 0.15) is 12.7 Å². The van der Waals surface area contributed by atoms with Gasteiger partial charge >= 0.3 is 0 Å². The molecule has 2 N–H and O–H groups in total. The van der Waals surface area contributed by atoms with Crippen LogP contribution in [0.15, 0.2) is 49.1 Å². The molecule has 2 aromatic carbocycles. The van der Waals surface area contributed by atoms with Crippen molar-refractivity contribution in [1.29, 1.82) is 0 Å². The molecule has 29 heavy (non-hydrogen) atoms. The summed E-state index contributed by atoms with van der Waals surface area (Å²) in [5, 5.41) is 10.7. The molecule has 0 spiro atoms. The molecule has 9 heteroatoms. The molecule has 1 aromatic heterocycles. The fourth-order valence-corrected chi connectivity index (χ4v) is 2.75. The Morgan fingerprint density at radius 1 is 1.10 bits per heavy atom. The van der Waals surface area contributed by atoms with Crippen LogP contribution in [-0.4, -0.2) is 34.0 Å². The molecule has 8 nitrogen and oxygen atoms in total. The molecular formula is C20H22ClN5O3. The van der Waals surface area contributed by atoms with E-state index >= 15 is 0 Å². The van der Waals surface area contributed by atoms with Crippen LogP contribution in [0.1, 0.15) is 18.1 Å². The summed E-state index contributed by atoms with van der Waals surface area (Å²) in [6.45, 7) is 4.58. The van der Waals surface area contributed by atoms with Gasteiger partial charge in [-0.05, 0) is 37.6 Å². The third-order valence-electron chi connectivity index (χ3n) is 3.98. The molecule has 152 valence electrons. The number of rotatable bonds is 9. The van der Waals surface area contributed by atoms with Crippen molar-refractivity contribution in [2.75, 3.05) is 24.0 Å². The SMILES string of the molecule is CCOc1cc(CNn2cnnc2)c(Cl)cc1OCC(=O)Nc1ccc(C)cc1. The van der Waals surface area contributed by atoms with Crippen LogP contribution in [0.25, 0.3) is 0 Å². The monoisotopic (exact) mass is 415 g/mol. The van der Waals surface area contributed by atoms with Crippen LogP contribution in [-0.2, 0) is 11.3 Å². The van der Waals surface area contributed by atoms with E-state index in [1.165, 1.54) is 0 Å². The van der Waals surface area contributed by atoms with Gasteiger partial charge in [-0.3, -0.25) is 4.79 Å². The number of benzene rings is 2. The standard InChI is InChI=1S/C20H22ClN5O3/c1-3-28-18-8-15(10-24-26-12-22-23-13-26)17(21)9-19(18)29-11-20(27)25-16-6-4-14(2)5-7-16/h4-9,12-13,24H,3,10-11H2,1-2H3,(H,25,27). The maximum atomic E-state index is 12.2. The molecule has 0 saturated carbocycles. The summed E-state index contributed by atoms with van der Waals surface area (Å²) in [4.78, 5) is 12.2. The molecule has 0 unspecified atom stereocenters. The van der Waals surface area contributed by atoms with Crippen molar-refractivity contribution >= 4 is 23.2 Å². The van der Waals surface area contributed by atoms with E-state index in [1.54, 1.807) is 29.5 Å². The first kappa shape index (κ1) is 20.5. The Labute approximate surface area is 173 Å². The number of aryl methyl sites for hydroxylation is 1. The number of amides is 1. The molecule has 0 saturated heterocycles. The molecular weight excluding hydrogens is 394 g/mol. The molecule has 0 radical (unpaired) electrons. The Morgan fingerprint density at radius 3 is 2.48 bits per heavy atom. The van der Waals surface area contributed by atoms with Gasteiger partial charge in [-0.15, -0.1) is 10.2 Å². The van der Waals surface area contributed by atoms with Gasteiger partial charge in [-0.25, -0.2) is 4.68 Å². The molecule has 3 aromatic rings. The van der Waals surface area contributed by atoms with Gasteiger partial charge in [0.2, 0.25) is 0 Å². The van der Waals surface area contributed by atoms with Gasteiger partial charge in [-0.1, -0.05) is 29.3 Å². The second-order valence-electron chi connectivity index (χ2n) is 6.23. The maximum Gasteiger partial charge on any atom is 0.262 e. The molecule has 0 aliphatic rings. The first-order chi connectivity index (χ1) is 14.0. The fraction of sp³-hybridized carbons (Fsp3) is 0.250. The predicted molar refractivity (Wildman–Crippen MR) is 111 cm³/mol. The topological polar surface area (TPSA) is 90.3 Å². The van der Waals surface area contributed by atoms with Crippen molar-refractivity contribution in [3.63, 3.8) is 0 Å². The Bertz CT molecular complexity index is 946. The second kappa shape index (κ2) is 9.79. The first-order valence-corrected chi connectivity index (χ1v) is 9.46. The molecule has 1 heterocycles. The molecule has 3 rings (SSSR count). The number of anilines is 1. The van der Waals surface area contributed by atoms with Crippen LogP contribution in [0.3, 0.4) is 0 Å². The number of aromatic nitrogens is 3. The summed E-state index contributed by atoms with van der Waals surface area (Å²) >= 11 is 6.38. The summed E-state index contributed by atoms with van der Waals surface area (Å²) in [6.07, 6.45) is 3.09. The highest BCUT2D eigenvalue weighted by molar-refractivity contribution is 6.31. The van der Waals surface area contributed by atoms with Crippen LogP contribution in [0.2, 0.25) is 5.02 Å². The summed E-state index contributed by atoms with van der Waals surface area (Å²) < 4.78 is 12.9. The highest BCUT2D eigenvalue weighted by Crippen LogP contribution is 2.33. The van der Waals surface area contributed by atoms with E-state index < -0.39 is 0 Å². The van der Waals surface area contributed by atoms with Crippen molar-refractivity contribution in [3.05, 3.63) is 65.2 Å². The quantitative estimate of drug-likeness (QED) is 0.556. The van der Waals surface area contributed by atoms with Crippen molar-refractivity contribution in [2.45, 2.75) is 20.4 Å². The second-order valence-corrected chi connectivity index (χ2v) is 6.64. The van der Waals surface area contributed by atoms with E-state index in [1.807, 2.05) is 38.1 Å². The van der Waals surface area contributed by atoms with Crippen LogP contribution >= 0.6 is 11.6 Å². The van der Waals surface area contributed by atoms with E-state index in [4.69, 9.17) is 21.1 Å². The molecule has 0 atom stereocenters. The Morgan fingerprint density at radius 2 is 1.79 bits per heavy atom. The number of halogens is 1. The fourth-order valence-electron chi connectivity index (χ4n) is 2.53. The minimum atomic E-state index is -0.272. The van der Waals surface area contributed by atoms with Crippen LogP contribution in [0, 0.1) is 6.92 Å². The first-order valence-electron chi connectivity index (χ1n) is 9.08. The van der Waals surface area contributed by atoms with Crippen LogP contribution < -0.4 is 20.2 Å². The molecule has 0 bridgehead atoms. The van der Waals surface area contributed by atoms with E-state index in [0.717, 1.165) is 11.1 Å². The molecule has 0 aliphatic heterocycles. The van der Waals surface area contributed by atoms with E-state index in [-0.39, 0.29) is 12.5 Å². The minimum absolute atomic E-state index is 0.164. The lowest BCUT2D eigenvalue weighted by atomic mass is 10.2. The van der Waals surface area contributed by atoms with Crippen molar-refractivity contribution in [2.24, 2.45) is 0 Å². The predicted octanol–water partition coefficient (Wildman–Crippen LogP) is 3.40. The highest BCUT2D eigenvalue weighted by Gasteiger charge is 2.13. The van der Waals surface area contributed by atoms with Gasteiger partial charge < -0.3 is 20.2 Å². The van der Waals surface area contributed by atoms with Crippen molar-refractivity contribution in [3.8, 4) is 11.5 Å². The number of nitrogens with zero attached hydrogens (tertiary/aromatic N) is 3. The van der Waals surface area contributed by atoms with Gasteiger partial charge in [0.25, 0.3) is 5.91 Å². The summed E-state index contributed by atoms with van der Waals surface area (Å²) in [5.74, 6) is 0.648. The Kier molecular flexibility index (Phi) is 6.91. The maximum absolute atomic E-state index is 12.2. The summed E-state index contributed by atoms with van der Waals surface area (Å²) in [6, 6.07) is 11.0. The zero-order valence-electron chi connectivity index (χ0n) is 16.2. The highest BCUT2D eigenvalue weighted by atomic mass is 35.5. The lowest BCUT2D eigenvalue weighted by Crippen LogP contribution is -2.20. The number of ether oxygens (including phenoxy) is 2. The summed E-state index contributed by atoms with van der Waals surface area (Å²) in [5.41, 5.74) is 5.73. The van der Waals surface area contributed by atoms with Crippen molar-refractivity contribution < 1.29 is 14.3 Å². The Hall–Kier alpha value is -3.26. The van der Waals surface area contributed by atoms with E-state index in [0.29, 0.717) is 35.4 Å². The number of hydrogen-bond donors (Lipinski definition) is 2. The van der Waals surface area contributed by atoms with E-state index in [2.05, 4.69) is 20.9 Å². The zero-order chi connectivity index (χ0) is 20.6. The number of carbonyl (C=O) groups excluding carboxylic acids is 1. The lowest BCUT2D eigenvalue weighted by Gasteiger charge is -2.15. The van der Waals surface area contributed by atoms with E-state index in [9.17, 15) is 4.79 Å². The largest absolute Gasteiger partial charge is 0.490 e. The number of hydrogen-bond acceptors (Lipinski definition) is 6. The molecule has 0 fully saturated rings. The van der Waals surface area contributed by atoms with Gasteiger partial charge in [0.15, 0.2) is 18.1 Å². The zero-order valence-corrected chi connectivity index (χ0v) is 16.9. The molecule has 1 amide bonds. The molecule has 0 aliphatic carbocycles. The normalized spacial score (nSPS) is 10.4. The van der Waals surface area contributed by atoms with Crippen LogP contribution in [0.4, 0.5) is 5.69 Å². The average Bonchev–Trinajstić information content (AvgIpc) is 3.22.